The van der Waals surface area contributed by atoms with E-state index in [4.69, 9.17) is 21.1 Å². The van der Waals surface area contributed by atoms with Crippen molar-refractivity contribution in [2.24, 2.45) is 5.92 Å². The van der Waals surface area contributed by atoms with Crippen molar-refractivity contribution < 1.29 is 14.3 Å². The fourth-order valence-corrected chi connectivity index (χ4v) is 5.50. The Hall–Kier alpha value is -2.44. The summed E-state index contributed by atoms with van der Waals surface area (Å²) in [5, 5.41) is 3.87. The SMILES string of the molecule is COc1ccc(Cl)cc1N1CCN2c3ccccc3C[C@H](C(=O)NC[C@@H]3CCCO3)[C@H]2C1. The van der Waals surface area contributed by atoms with Gasteiger partial charge in [-0.25, -0.2) is 0 Å². The first-order valence-electron chi connectivity index (χ1n) is 11.5. The molecule has 0 radical (unpaired) electrons. The van der Waals surface area contributed by atoms with E-state index in [1.165, 1.54) is 11.3 Å². The van der Waals surface area contributed by atoms with Crippen molar-refractivity contribution in [2.75, 3.05) is 49.7 Å². The largest absolute Gasteiger partial charge is 0.495 e. The average molecular weight is 456 g/mol. The van der Waals surface area contributed by atoms with E-state index in [2.05, 4.69) is 39.4 Å². The third-order valence-electron chi connectivity index (χ3n) is 6.97. The lowest BCUT2D eigenvalue weighted by molar-refractivity contribution is -0.126. The van der Waals surface area contributed by atoms with E-state index in [0.29, 0.717) is 11.6 Å². The highest BCUT2D eigenvalue weighted by Gasteiger charge is 2.42. The number of hydrogen-bond donors (Lipinski definition) is 1. The van der Waals surface area contributed by atoms with Gasteiger partial charge in [0.15, 0.2) is 0 Å². The van der Waals surface area contributed by atoms with Gasteiger partial charge >= 0.3 is 0 Å². The highest BCUT2D eigenvalue weighted by molar-refractivity contribution is 6.31. The number of methoxy groups -OCH3 is 1. The number of carbonyl (C=O) groups excluding carboxylic acids is 1. The second-order valence-corrected chi connectivity index (χ2v) is 9.28. The first-order valence-corrected chi connectivity index (χ1v) is 11.8. The predicted molar refractivity (Wildman–Crippen MR) is 127 cm³/mol. The summed E-state index contributed by atoms with van der Waals surface area (Å²) in [4.78, 5) is 18.1. The summed E-state index contributed by atoms with van der Waals surface area (Å²) in [6.45, 7) is 3.81. The lowest BCUT2D eigenvalue weighted by atomic mass is 9.83. The van der Waals surface area contributed by atoms with Crippen molar-refractivity contribution in [3.8, 4) is 5.75 Å². The summed E-state index contributed by atoms with van der Waals surface area (Å²) in [6, 6.07) is 14.3. The van der Waals surface area contributed by atoms with E-state index in [-0.39, 0.29) is 24.0 Å². The Balaban J connectivity index is 1.41. The van der Waals surface area contributed by atoms with Crippen molar-refractivity contribution in [3.05, 3.63) is 53.1 Å². The average Bonchev–Trinajstić information content (AvgIpc) is 3.35. The van der Waals surface area contributed by atoms with Crippen LogP contribution < -0.4 is 19.9 Å². The lowest BCUT2D eigenvalue weighted by Crippen LogP contribution is -2.61. The van der Waals surface area contributed by atoms with Crippen molar-refractivity contribution >= 4 is 28.9 Å². The standard InChI is InChI=1S/C25H30ClN3O3/c1-31-24-9-8-18(26)14-22(24)28-10-11-29-21-7-3-2-5-17(21)13-20(23(29)16-28)25(30)27-15-19-6-4-12-32-19/h2-3,5,7-9,14,19-20,23H,4,6,10-13,15-16H2,1H3,(H,27,30)/t19-,20-,23+/m0/s1. The van der Waals surface area contributed by atoms with Gasteiger partial charge in [-0.2, -0.15) is 0 Å². The Labute approximate surface area is 194 Å². The molecule has 0 saturated carbocycles. The van der Waals surface area contributed by atoms with Crippen LogP contribution in [0.4, 0.5) is 11.4 Å². The molecular formula is C25H30ClN3O3. The number of anilines is 2. The molecule has 7 heteroatoms. The van der Waals surface area contributed by atoms with Crippen molar-refractivity contribution in [3.63, 3.8) is 0 Å². The van der Waals surface area contributed by atoms with Gasteiger partial charge in [0, 0.05) is 43.5 Å². The minimum atomic E-state index is -0.126. The number of nitrogens with zero attached hydrogens (tertiary/aromatic N) is 2. The van der Waals surface area contributed by atoms with Gasteiger partial charge in [-0.05, 0) is 49.1 Å². The quantitative estimate of drug-likeness (QED) is 0.747. The van der Waals surface area contributed by atoms with Gasteiger partial charge in [0.2, 0.25) is 5.91 Å². The zero-order valence-corrected chi connectivity index (χ0v) is 19.2. The summed E-state index contributed by atoms with van der Waals surface area (Å²) in [5.74, 6) is 0.794. The van der Waals surface area contributed by atoms with E-state index in [0.717, 1.165) is 56.9 Å². The number of amides is 1. The lowest BCUT2D eigenvalue weighted by Gasteiger charge is -2.49. The number of hydrogen-bond acceptors (Lipinski definition) is 5. The number of benzene rings is 2. The number of para-hydroxylation sites is 1. The molecule has 0 aromatic heterocycles. The van der Waals surface area contributed by atoms with E-state index in [9.17, 15) is 4.79 Å². The van der Waals surface area contributed by atoms with Crippen LogP contribution in [0, 0.1) is 5.92 Å². The van der Waals surface area contributed by atoms with E-state index in [1.54, 1.807) is 7.11 Å². The fourth-order valence-electron chi connectivity index (χ4n) is 5.34. The fraction of sp³-hybridized carbons (Fsp3) is 0.480. The van der Waals surface area contributed by atoms with Gasteiger partial charge in [-0.1, -0.05) is 29.8 Å². The van der Waals surface area contributed by atoms with Gasteiger partial charge in [0.05, 0.1) is 30.9 Å². The van der Waals surface area contributed by atoms with Crippen LogP contribution in [-0.2, 0) is 16.0 Å². The number of rotatable bonds is 5. The van der Waals surface area contributed by atoms with Gasteiger partial charge in [0.25, 0.3) is 0 Å². The molecule has 0 unspecified atom stereocenters. The predicted octanol–water partition coefficient (Wildman–Crippen LogP) is 3.51. The molecule has 170 valence electrons. The molecule has 2 aromatic rings. The molecule has 3 aliphatic heterocycles. The summed E-state index contributed by atoms with van der Waals surface area (Å²) < 4.78 is 11.3. The Kier molecular flexibility index (Phi) is 6.15. The Morgan fingerprint density at radius 1 is 1.22 bits per heavy atom. The van der Waals surface area contributed by atoms with Crippen LogP contribution in [0.5, 0.6) is 5.75 Å². The van der Waals surface area contributed by atoms with Crippen LogP contribution >= 0.6 is 11.6 Å². The number of halogens is 1. The second kappa shape index (κ2) is 9.20. The zero-order valence-electron chi connectivity index (χ0n) is 18.4. The van der Waals surface area contributed by atoms with Crippen LogP contribution in [0.15, 0.2) is 42.5 Å². The Morgan fingerprint density at radius 3 is 2.91 bits per heavy atom. The third kappa shape index (κ3) is 4.14. The van der Waals surface area contributed by atoms with Crippen LogP contribution in [0.3, 0.4) is 0 Å². The molecule has 1 amide bonds. The molecule has 0 spiro atoms. The molecule has 6 nitrogen and oxygen atoms in total. The number of fused-ring (bicyclic) bond motifs is 3. The number of nitrogens with one attached hydrogen (secondary N) is 1. The first-order chi connectivity index (χ1) is 15.6. The number of piperazine rings is 1. The van der Waals surface area contributed by atoms with Gasteiger partial charge in [0.1, 0.15) is 5.75 Å². The normalized spacial score (nSPS) is 24.6. The number of ether oxygens (including phenoxy) is 2. The maximum atomic E-state index is 13.4. The summed E-state index contributed by atoms with van der Waals surface area (Å²) >= 11 is 6.31. The minimum absolute atomic E-state index is 0.0758. The number of carbonyl (C=O) groups is 1. The monoisotopic (exact) mass is 455 g/mol. The van der Waals surface area contributed by atoms with Crippen LogP contribution in [0.25, 0.3) is 0 Å². The molecule has 3 aliphatic rings. The van der Waals surface area contributed by atoms with Crippen molar-refractivity contribution in [2.45, 2.75) is 31.4 Å². The maximum absolute atomic E-state index is 13.4. The molecule has 2 aromatic carbocycles. The van der Waals surface area contributed by atoms with E-state index < -0.39 is 0 Å². The van der Waals surface area contributed by atoms with Crippen molar-refractivity contribution in [1.29, 1.82) is 0 Å². The molecule has 2 saturated heterocycles. The van der Waals surface area contributed by atoms with E-state index >= 15 is 0 Å². The maximum Gasteiger partial charge on any atom is 0.225 e. The molecule has 1 N–H and O–H groups in total. The molecule has 0 bridgehead atoms. The molecule has 3 atom stereocenters. The van der Waals surface area contributed by atoms with Gasteiger partial charge in [-0.15, -0.1) is 0 Å². The van der Waals surface area contributed by atoms with Crippen molar-refractivity contribution in [1.82, 2.24) is 5.32 Å². The van der Waals surface area contributed by atoms with E-state index in [1.807, 2.05) is 18.2 Å². The molecule has 3 heterocycles. The first kappa shape index (κ1) is 21.4. The molecule has 0 aliphatic carbocycles. The highest BCUT2D eigenvalue weighted by Crippen LogP contribution is 2.39. The van der Waals surface area contributed by atoms with Gasteiger partial charge < -0.3 is 24.6 Å². The third-order valence-corrected chi connectivity index (χ3v) is 7.21. The van der Waals surface area contributed by atoms with Crippen LogP contribution in [0.2, 0.25) is 5.02 Å². The molecular weight excluding hydrogens is 426 g/mol. The topological polar surface area (TPSA) is 54.0 Å². The molecule has 5 rings (SSSR count). The summed E-state index contributed by atoms with van der Waals surface area (Å²) in [6.07, 6.45) is 2.98. The zero-order chi connectivity index (χ0) is 22.1. The highest BCUT2D eigenvalue weighted by atomic mass is 35.5. The Bertz CT molecular complexity index is 979. The summed E-state index contributed by atoms with van der Waals surface area (Å²) in [7, 11) is 1.68. The second-order valence-electron chi connectivity index (χ2n) is 8.84. The minimum Gasteiger partial charge on any atom is -0.495 e. The molecule has 2 fully saturated rings. The summed E-state index contributed by atoms with van der Waals surface area (Å²) in [5.41, 5.74) is 3.48. The Morgan fingerprint density at radius 2 is 2.09 bits per heavy atom. The van der Waals surface area contributed by atoms with Crippen LogP contribution in [-0.4, -0.2) is 57.9 Å². The van der Waals surface area contributed by atoms with Crippen LogP contribution in [0.1, 0.15) is 18.4 Å². The molecule has 32 heavy (non-hydrogen) atoms. The smallest absolute Gasteiger partial charge is 0.225 e. The van der Waals surface area contributed by atoms with Gasteiger partial charge in [-0.3, -0.25) is 4.79 Å².